The number of carbonyl (C=O) groups is 1. The lowest BCUT2D eigenvalue weighted by molar-refractivity contribution is -0.137. The molecule has 0 aliphatic heterocycles. The Bertz CT molecular complexity index is 1320. The van der Waals surface area contributed by atoms with E-state index in [9.17, 15) is 18.7 Å². The molecule has 3 aromatic carbocycles. The molecule has 1 unspecified atom stereocenters. The molecule has 8 heteroatoms. The number of nitrogens with one attached hydrogen (secondary N) is 1. The van der Waals surface area contributed by atoms with E-state index in [0.29, 0.717) is 27.8 Å². The minimum absolute atomic E-state index is 0.222. The van der Waals surface area contributed by atoms with Crippen LogP contribution in [0.15, 0.2) is 71.5 Å². The first-order valence-electron chi connectivity index (χ1n) is 9.63. The maximum absolute atomic E-state index is 14.7. The maximum Gasteiger partial charge on any atom is 0.315 e. The first kappa shape index (κ1) is 21.5. The van der Waals surface area contributed by atoms with Crippen molar-refractivity contribution in [1.82, 2.24) is 4.98 Å². The fourth-order valence-electron chi connectivity index (χ4n) is 3.38. The van der Waals surface area contributed by atoms with Crippen LogP contribution in [0.3, 0.4) is 0 Å². The molecule has 0 radical (unpaired) electrons. The predicted octanol–water partition coefficient (Wildman–Crippen LogP) is 6.10. The monoisotopic (exact) mass is 454 g/mol. The van der Waals surface area contributed by atoms with Gasteiger partial charge in [-0.25, -0.2) is 13.8 Å². The van der Waals surface area contributed by atoms with E-state index in [1.807, 2.05) is 0 Å². The van der Waals surface area contributed by atoms with Crippen LogP contribution >= 0.6 is 11.6 Å². The molecule has 5 nitrogen and oxygen atoms in total. The number of rotatable bonds is 7. The number of benzene rings is 3. The van der Waals surface area contributed by atoms with Gasteiger partial charge < -0.3 is 14.8 Å². The van der Waals surface area contributed by atoms with Crippen LogP contribution in [0, 0.1) is 11.6 Å². The summed E-state index contributed by atoms with van der Waals surface area (Å²) in [4.78, 5) is 16.0. The number of aromatic nitrogens is 1. The van der Waals surface area contributed by atoms with E-state index in [4.69, 9.17) is 16.0 Å². The summed E-state index contributed by atoms with van der Waals surface area (Å²) >= 11 is 5.97. The SMILES string of the molecule is O=C(O)C(c1ccc(NCC=Cc2ccc(F)cc2Cl)c(F)c1)c1ccc2ocnc2c1. The number of fused-ring (bicyclic) bond motifs is 1. The van der Waals surface area contributed by atoms with E-state index in [2.05, 4.69) is 10.3 Å². The van der Waals surface area contributed by atoms with Gasteiger partial charge in [-0.15, -0.1) is 0 Å². The molecule has 0 saturated carbocycles. The first-order chi connectivity index (χ1) is 15.4. The van der Waals surface area contributed by atoms with E-state index in [1.165, 1.54) is 30.7 Å². The van der Waals surface area contributed by atoms with Gasteiger partial charge in [0, 0.05) is 6.54 Å². The van der Waals surface area contributed by atoms with Gasteiger partial charge in [-0.2, -0.15) is 0 Å². The second-order valence-electron chi connectivity index (χ2n) is 7.04. The van der Waals surface area contributed by atoms with Crippen molar-refractivity contribution in [1.29, 1.82) is 0 Å². The van der Waals surface area contributed by atoms with E-state index < -0.39 is 23.5 Å². The van der Waals surface area contributed by atoms with Crippen LogP contribution in [0.2, 0.25) is 5.02 Å². The van der Waals surface area contributed by atoms with Gasteiger partial charge in [0.2, 0.25) is 0 Å². The Labute approximate surface area is 187 Å². The molecule has 0 fully saturated rings. The molecule has 32 heavy (non-hydrogen) atoms. The second kappa shape index (κ2) is 9.20. The van der Waals surface area contributed by atoms with Crippen LogP contribution in [-0.2, 0) is 4.79 Å². The van der Waals surface area contributed by atoms with Gasteiger partial charge in [-0.05, 0) is 53.1 Å². The molecule has 4 aromatic rings. The molecule has 0 aliphatic rings. The number of anilines is 1. The fourth-order valence-corrected chi connectivity index (χ4v) is 3.61. The van der Waals surface area contributed by atoms with Gasteiger partial charge >= 0.3 is 5.97 Å². The minimum atomic E-state index is -1.10. The van der Waals surface area contributed by atoms with Crippen molar-refractivity contribution < 1.29 is 23.1 Å². The van der Waals surface area contributed by atoms with Crippen LogP contribution < -0.4 is 5.32 Å². The summed E-state index contributed by atoms with van der Waals surface area (Å²) in [7, 11) is 0. The van der Waals surface area contributed by atoms with Gasteiger partial charge in [0.1, 0.15) is 23.1 Å². The van der Waals surface area contributed by atoms with Crippen LogP contribution in [0.25, 0.3) is 17.2 Å². The van der Waals surface area contributed by atoms with E-state index in [-0.39, 0.29) is 17.3 Å². The average Bonchev–Trinajstić information content (AvgIpc) is 3.21. The molecule has 0 saturated heterocycles. The Morgan fingerprint density at radius 3 is 2.66 bits per heavy atom. The molecule has 0 amide bonds. The molecule has 162 valence electrons. The smallest absolute Gasteiger partial charge is 0.315 e. The average molecular weight is 455 g/mol. The molecule has 0 bridgehead atoms. The van der Waals surface area contributed by atoms with E-state index >= 15 is 0 Å². The highest BCUT2D eigenvalue weighted by Gasteiger charge is 2.24. The number of carboxylic acids is 1. The summed E-state index contributed by atoms with van der Waals surface area (Å²) in [6.45, 7) is 0.287. The molecule has 1 aromatic heterocycles. The molecule has 4 rings (SSSR count). The molecule has 0 aliphatic carbocycles. The lowest BCUT2D eigenvalue weighted by Crippen LogP contribution is -2.14. The molecule has 0 spiro atoms. The lowest BCUT2D eigenvalue weighted by Gasteiger charge is -2.15. The van der Waals surface area contributed by atoms with Gasteiger partial charge in [0.25, 0.3) is 0 Å². The second-order valence-corrected chi connectivity index (χ2v) is 7.45. The third-order valence-electron chi connectivity index (χ3n) is 4.93. The molecule has 1 atom stereocenters. The van der Waals surface area contributed by atoms with E-state index in [1.54, 1.807) is 42.5 Å². The Balaban J connectivity index is 1.49. The summed E-state index contributed by atoms with van der Waals surface area (Å²) in [5.41, 5.74) is 2.70. The normalized spacial score (nSPS) is 12.3. The van der Waals surface area contributed by atoms with Crippen LogP contribution in [0.1, 0.15) is 22.6 Å². The summed E-state index contributed by atoms with van der Waals surface area (Å²) in [5, 5.41) is 13.0. The van der Waals surface area contributed by atoms with Crippen molar-refractivity contribution in [3.05, 3.63) is 100 Å². The van der Waals surface area contributed by atoms with Crippen molar-refractivity contribution in [3.8, 4) is 0 Å². The third kappa shape index (κ3) is 4.63. The maximum atomic E-state index is 14.7. The van der Waals surface area contributed by atoms with Crippen LogP contribution in [-0.4, -0.2) is 22.6 Å². The summed E-state index contributed by atoms with van der Waals surface area (Å²) in [6, 6.07) is 13.2. The van der Waals surface area contributed by atoms with Crippen molar-refractivity contribution in [2.45, 2.75) is 5.92 Å². The highest BCUT2D eigenvalue weighted by atomic mass is 35.5. The molecular weight excluding hydrogens is 438 g/mol. The zero-order chi connectivity index (χ0) is 22.7. The van der Waals surface area contributed by atoms with Gasteiger partial charge in [-0.1, -0.05) is 42.0 Å². The van der Waals surface area contributed by atoms with Crippen molar-refractivity contribution >= 4 is 40.4 Å². The summed E-state index contributed by atoms with van der Waals surface area (Å²) < 4.78 is 33.0. The predicted molar refractivity (Wildman–Crippen MR) is 119 cm³/mol. The number of halogens is 3. The van der Waals surface area contributed by atoms with Crippen molar-refractivity contribution in [2.75, 3.05) is 11.9 Å². The Hall–Kier alpha value is -3.71. The highest BCUT2D eigenvalue weighted by molar-refractivity contribution is 6.32. The molecule has 1 heterocycles. The van der Waals surface area contributed by atoms with Gasteiger partial charge in [-0.3, -0.25) is 4.79 Å². The van der Waals surface area contributed by atoms with Crippen molar-refractivity contribution in [3.63, 3.8) is 0 Å². The lowest BCUT2D eigenvalue weighted by atomic mass is 9.91. The topological polar surface area (TPSA) is 75.4 Å². The summed E-state index contributed by atoms with van der Waals surface area (Å²) in [5.74, 6) is -3.16. The third-order valence-corrected chi connectivity index (χ3v) is 5.26. The van der Waals surface area contributed by atoms with Crippen LogP contribution in [0.5, 0.6) is 0 Å². The number of hydrogen-bond acceptors (Lipinski definition) is 4. The summed E-state index contributed by atoms with van der Waals surface area (Å²) in [6.07, 6.45) is 4.70. The van der Waals surface area contributed by atoms with Gasteiger partial charge in [0.15, 0.2) is 12.0 Å². The zero-order valence-corrected chi connectivity index (χ0v) is 17.3. The fraction of sp³-hybridized carbons (Fsp3) is 0.0833. The zero-order valence-electron chi connectivity index (χ0n) is 16.6. The van der Waals surface area contributed by atoms with E-state index in [0.717, 1.165) is 0 Å². The number of hydrogen-bond donors (Lipinski definition) is 2. The molecular formula is C24H17ClF2N2O3. The molecule has 2 N–H and O–H groups in total. The Morgan fingerprint density at radius 1 is 1.12 bits per heavy atom. The first-order valence-corrected chi connectivity index (χ1v) is 10.0. The van der Waals surface area contributed by atoms with Gasteiger partial charge in [0.05, 0.1) is 10.7 Å². The standard InChI is InChI=1S/C24H17ClF2N2O3/c25-18-12-17(26)6-3-14(18)2-1-9-28-20-7-4-15(10-19(20)27)23(24(30)31)16-5-8-22-21(11-16)29-13-32-22/h1-8,10-13,23,28H,9H2,(H,30,31). The Kier molecular flexibility index (Phi) is 6.18. The van der Waals surface area contributed by atoms with Crippen LogP contribution in [0.4, 0.5) is 14.5 Å². The Morgan fingerprint density at radius 2 is 1.91 bits per heavy atom. The quantitative estimate of drug-likeness (QED) is 0.353. The number of aliphatic carboxylic acids is 1. The number of nitrogens with zero attached hydrogens (tertiary/aromatic N) is 1. The van der Waals surface area contributed by atoms with Crippen molar-refractivity contribution in [2.24, 2.45) is 0 Å². The number of carboxylic acid groups (broad SMARTS) is 1. The minimum Gasteiger partial charge on any atom is -0.481 e. The largest absolute Gasteiger partial charge is 0.481 e. The number of oxazole rings is 1. The highest BCUT2D eigenvalue weighted by Crippen LogP contribution is 2.30.